The van der Waals surface area contributed by atoms with E-state index >= 15 is 0 Å². The van der Waals surface area contributed by atoms with E-state index in [1.807, 2.05) is 36.4 Å². The molecular weight excluding hydrogens is 478 g/mol. The van der Waals surface area contributed by atoms with Gasteiger partial charge in [0.25, 0.3) is 5.56 Å². The summed E-state index contributed by atoms with van der Waals surface area (Å²) < 4.78 is 8.14. The third-order valence-electron chi connectivity index (χ3n) is 5.36. The van der Waals surface area contributed by atoms with Crippen LogP contribution in [-0.4, -0.2) is 15.9 Å². The molecule has 0 fully saturated rings. The zero-order chi connectivity index (χ0) is 23.2. The Kier molecular flexibility index (Phi) is 7.35. The number of halogens is 1. The predicted molar refractivity (Wildman–Crippen MR) is 137 cm³/mol. The van der Waals surface area contributed by atoms with E-state index < -0.39 is 0 Å². The number of benzene rings is 3. The smallest absolute Gasteiger partial charge is 0.282 e. The Hall–Kier alpha value is -3.25. The van der Waals surface area contributed by atoms with Crippen molar-refractivity contribution in [3.63, 3.8) is 0 Å². The van der Waals surface area contributed by atoms with Crippen molar-refractivity contribution in [3.8, 4) is 5.75 Å². The Labute approximate surface area is 201 Å². The third-order valence-corrected chi connectivity index (χ3v) is 5.85. The first kappa shape index (κ1) is 22.9. The second-order valence-electron chi connectivity index (χ2n) is 8.00. The van der Waals surface area contributed by atoms with Gasteiger partial charge < -0.3 is 4.74 Å². The highest BCUT2D eigenvalue weighted by molar-refractivity contribution is 9.10. The maximum absolute atomic E-state index is 13.1. The highest BCUT2D eigenvalue weighted by Gasteiger charge is 2.11. The number of unbranched alkanes of at least 4 members (excludes halogenated alkanes) is 1. The van der Waals surface area contributed by atoms with Crippen LogP contribution in [0.5, 0.6) is 5.75 Å². The Morgan fingerprint density at radius 1 is 1.06 bits per heavy atom. The number of aromatic nitrogens is 2. The van der Waals surface area contributed by atoms with Gasteiger partial charge in [-0.15, -0.1) is 0 Å². The molecule has 33 heavy (non-hydrogen) atoms. The summed E-state index contributed by atoms with van der Waals surface area (Å²) in [5.74, 6) is 1.46. The molecule has 3 aromatic carbocycles. The lowest BCUT2D eigenvalue weighted by Crippen LogP contribution is -2.22. The van der Waals surface area contributed by atoms with E-state index in [4.69, 9.17) is 9.72 Å². The van der Waals surface area contributed by atoms with Crippen LogP contribution in [0.4, 0.5) is 0 Å². The van der Waals surface area contributed by atoms with E-state index in [1.165, 1.54) is 10.2 Å². The zero-order valence-corrected chi connectivity index (χ0v) is 20.4. The van der Waals surface area contributed by atoms with Crippen LogP contribution >= 0.6 is 15.9 Å². The molecule has 4 aromatic rings. The van der Waals surface area contributed by atoms with Crippen LogP contribution in [-0.2, 0) is 13.0 Å². The molecule has 0 amide bonds. The molecule has 0 aliphatic heterocycles. The maximum Gasteiger partial charge on any atom is 0.282 e. The second kappa shape index (κ2) is 10.6. The fourth-order valence-corrected chi connectivity index (χ4v) is 3.80. The van der Waals surface area contributed by atoms with E-state index in [0.717, 1.165) is 34.2 Å². The standard InChI is InChI=1S/C27H26BrN3O2/c1-3-4-5-26-30-25-15-12-22(28)16-24(25)27(32)31(26)29-17-20-10-13-23(14-11-20)33-18-21-8-6-19(2)7-9-21/h6-17H,3-5,18H2,1-2H3. The minimum absolute atomic E-state index is 0.165. The van der Waals surface area contributed by atoms with Gasteiger partial charge in [0.15, 0.2) is 0 Å². The van der Waals surface area contributed by atoms with Crippen molar-refractivity contribution >= 4 is 33.0 Å². The molecule has 0 radical (unpaired) electrons. The Balaban J connectivity index is 1.55. The fraction of sp³-hybridized carbons (Fsp3) is 0.222. The maximum atomic E-state index is 13.1. The normalized spacial score (nSPS) is 11.4. The zero-order valence-electron chi connectivity index (χ0n) is 18.8. The van der Waals surface area contributed by atoms with Crippen LogP contribution in [0.15, 0.2) is 81.1 Å². The first-order valence-corrected chi connectivity index (χ1v) is 11.9. The monoisotopic (exact) mass is 503 g/mol. The van der Waals surface area contributed by atoms with E-state index in [9.17, 15) is 4.79 Å². The van der Waals surface area contributed by atoms with Crippen molar-refractivity contribution in [3.05, 3.63) is 104 Å². The number of rotatable bonds is 8. The van der Waals surface area contributed by atoms with Gasteiger partial charge in [0.1, 0.15) is 18.2 Å². The summed E-state index contributed by atoms with van der Waals surface area (Å²) in [5.41, 5.74) is 3.76. The molecule has 1 aromatic heterocycles. The lowest BCUT2D eigenvalue weighted by Gasteiger charge is -2.09. The van der Waals surface area contributed by atoms with Crippen LogP contribution in [0.25, 0.3) is 10.9 Å². The molecule has 0 saturated carbocycles. The molecule has 168 valence electrons. The van der Waals surface area contributed by atoms with Gasteiger partial charge in [0.05, 0.1) is 17.1 Å². The molecule has 0 spiro atoms. The first-order valence-electron chi connectivity index (χ1n) is 11.1. The fourth-order valence-electron chi connectivity index (χ4n) is 3.44. The van der Waals surface area contributed by atoms with E-state index in [2.05, 4.69) is 59.1 Å². The SMILES string of the molecule is CCCCc1nc2ccc(Br)cc2c(=O)n1N=Cc1ccc(OCc2ccc(C)cc2)cc1. The van der Waals surface area contributed by atoms with Crippen LogP contribution < -0.4 is 10.3 Å². The molecule has 1 heterocycles. The van der Waals surface area contributed by atoms with Crippen molar-refractivity contribution in [1.82, 2.24) is 9.66 Å². The van der Waals surface area contributed by atoms with Gasteiger partial charge in [-0.3, -0.25) is 4.79 Å². The highest BCUT2D eigenvalue weighted by atomic mass is 79.9. The molecule has 0 aliphatic carbocycles. The lowest BCUT2D eigenvalue weighted by molar-refractivity contribution is 0.306. The Bertz CT molecular complexity index is 1330. The number of nitrogens with zero attached hydrogens (tertiary/aromatic N) is 3. The van der Waals surface area contributed by atoms with E-state index in [0.29, 0.717) is 29.8 Å². The summed E-state index contributed by atoms with van der Waals surface area (Å²) >= 11 is 3.44. The van der Waals surface area contributed by atoms with Gasteiger partial charge in [-0.25, -0.2) is 4.98 Å². The molecule has 5 nitrogen and oxygen atoms in total. The number of hydrogen-bond donors (Lipinski definition) is 0. The summed E-state index contributed by atoms with van der Waals surface area (Å²) in [6, 6.07) is 21.5. The topological polar surface area (TPSA) is 56.5 Å². The second-order valence-corrected chi connectivity index (χ2v) is 8.91. The molecule has 0 saturated heterocycles. The highest BCUT2D eigenvalue weighted by Crippen LogP contribution is 2.17. The number of fused-ring (bicyclic) bond motifs is 1. The average Bonchev–Trinajstić information content (AvgIpc) is 2.83. The quantitative estimate of drug-likeness (QED) is 0.266. The first-order chi connectivity index (χ1) is 16.0. The number of ether oxygens (including phenoxy) is 1. The number of aryl methyl sites for hydroxylation is 2. The molecule has 0 aliphatic rings. The number of hydrogen-bond acceptors (Lipinski definition) is 4. The average molecular weight is 504 g/mol. The van der Waals surface area contributed by atoms with Gasteiger partial charge in [0.2, 0.25) is 0 Å². The summed E-state index contributed by atoms with van der Waals surface area (Å²) in [6.07, 6.45) is 4.34. The van der Waals surface area contributed by atoms with Gasteiger partial charge in [-0.2, -0.15) is 9.78 Å². The van der Waals surface area contributed by atoms with Crippen molar-refractivity contribution in [2.75, 3.05) is 0 Å². The predicted octanol–water partition coefficient (Wildman–Crippen LogP) is 6.27. The van der Waals surface area contributed by atoms with Gasteiger partial charge in [-0.05, 0) is 66.9 Å². The Morgan fingerprint density at radius 3 is 2.55 bits per heavy atom. The Morgan fingerprint density at radius 2 is 1.82 bits per heavy atom. The molecule has 0 N–H and O–H groups in total. The van der Waals surface area contributed by atoms with Crippen LogP contribution in [0.3, 0.4) is 0 Å². The van der Waals surface area contributed by atoms with Crippen LogP contribution in [0.1, 0.15) is 42.3 Å². The van der Waals surface area contributed by atoms with Gasteiger partial charge >= 0.3 is 0 Å². The van der Waals surface area contributed by atoms with E-state index in [1.54, 1.807) is 12.3 Å². The van der Waals surface area contributed by atoms with E-state index in [-0.39, 0.29) is 5.56 Å². The van der Waals surface area contributed by atoms with Crippen LogP contribution in [0.2, 0.25) is 0 Å². The van der Waals surface area contributed by atoms with Crippen molar-refractivity contribution in [2.24, 2.45) is 5.10 Å². The minimum atomic E-state index is -0.165. The summed E-state index contributed by atoms with van der Waals surface area (Å²) in [4.78, 5) is 17.9. The molecule has 6 heteroatoms. The van der Waals surface area contributed by atoms with Crippen LogP contribution in [0, 0.1) is 6.92 Å². The largest absolute Gasteiger partial charge is 0.489 e. The third kappa shape index (κ3) is 5.76. The molecular formula is C27H26BrN3O2. The van der Waals surface area contributed by atoms with Crippen molar-refractivity contribution in [2.45, 2.75) is 39.7 Å². The summed E-state index contributed by atoms with van der Waals surface area (Å²) in [7, 11) is 0. The summed E-state index contributed by atoms with van der Waals surface area (Å²) in [5, 5.41) is 5.04. The van der Waals surface area contributed by atoms with Crippen molar-refractivity contribution in [1.29, 1.82) is 0 Å². The molecule has 0 unspecified atom stereocenters. The van der Waals surface area contributed by atoms with Gasteiger partial charge in [-0.1, -0.05) is 59.1 Å². The summed E-state index contributed by atoms with van der Waals surface area (Å²) in [6.45, 7) is 4.70. The van der Waals surface area contributed by atoms with Crippen molar-refractivity contribution < 1.29 is 4.74 Å². The lowest BCUT2D eigenvalue weighted by atomic mass is 10.2. The molecule has 4 rings (SSSR count). The van der Waals surface area contributed by atoms with Gasteiger partial charge in [0, 0.05) is 10.9 Å². The molecule has 0 atom stereocenters. The minimum Gasteiger partial charge on any atom is -0.489 e. The molecule has 0 bridgehead atoms.